The predicted octanol–water partition coefficient (Wildman–Crippen LogP) is 8.95. The fourth-order valence-electron chi connectivity index (χ4n) is 9.47. The van der Waals surface area contributed by atoms with Gasteiger partial charge in [-0.2, -0.15) is 0 Å². The second kappa shape index (κ2) is 11.6. The minimum atomic E-state index is -0.487. The summed E-state index contributed by atoms with van der Waals surface area (Å²) in [6.07, 6.45) is 18.5. The predicted molar refractivity (Wildman–Crippen MR) is 150 cm³/mol. The van der Waals surface area contributed by atoms with Gasteiger partial charge < -0.3 is 10.2 Å². The molecular formula is C33H60O2. The van der Waals surface area contributed by atoms with Crippen LogP contribution in [0.3, 0.4) is 0 Å². The molecule has 4 fully saturated rings. The Morgan fingerprint density at radius 2 is 1.57 bits per heavy atom. The zero-order valence-electron chi connectivity index (χ0n) is 24.7. The summed E-state index contributed by atoms with van der Waals surface area (Å²) in [5, 5.41) is 21.3. The van der Waals surface area contributed by atoms with Crippen LogP contribution in [0.4, 0.5) is 0 Å². The average Bonchev–Trinajstić information content (AvgIpc) is 3.17. The molecule has 0 aromatic rings. The Bertz CT molecular complexity index is 706. The first-order chi connectivity index (χ1) is 16.6. The van der Waals surface area contributed by atoms with E-state index >= 15 is 0 Å². The highest BCUT2D eigenvalue weighted by atomic mass is 16.3. The maximum atomic E-state index is 10.7. The first-order valence-corrected chi connectivity index (χ1v) is 15.7. The molecule has 9 atom stereocenters. The Morgan fingerprint density at radius 1 is 0.886 bits per heavy atom. The summed E-state index contributed by atoms with van der Waals surface area (Å²) in [7, 11) is 0. The van der Waals surface area contributed by atoms with Crippen molar-refractivity contribution in [3.63, 3.8) is 0 Å². The number of fused-ring (bicyclic) bond motifs is 5. The molecule has 2 N–H and O–H groups in total. The molecule has 5 unspecified atom stereocenters. The Kier molecular flexibility index (Phi) is 9.68. The summed E-state index contributed by atoms with van der Waals surface area (Å²) < 4.78 is 0. The van der Waals surface area contributed by atoms with Crippen LogP contribution in [0.2, 0.25) is 0 Å². The average molecular weight is 489 g/mol. The number of allylic oxidation sites excluding steroid dienone is 1. The molecule has 204 valence electrons. The van der Waals surface area contributed by atoms with E-state index in [1.165, 1.54) is 64.2 Å². The van der Waals surface area contributed by atoms with E-state index in [1.54, 1.807) is 5.57 Å². The van der Waals surface area contributed by atoms with Crippen molar-refractivity contribution in [2.75, 3.05) is 0 Å². The molecule has 0 saturated heterocycles. The molecule has 0 amide bonds. The van der Waals surface area contributed by atoms with Gasteiger partial charge in [0.15, 0.2) is 0 Å². The van der Waals surface area contributed by atoms with Crippen LogP contribution in [0.5, 0.6) is 0 Å². The van der Waals surface area contributed by atoms with Crippen LogP contribution in [0, 0.1) is 46.3 Å². The van der Waals surface area contributed by atoms with Gasteiger partial charge in [-0.15, -0.1) is 0 Å². The van der Waals surface area contributed by atoms with Crippen molar-refractivity contribution in [3.8, 4) is 0 Å². The summed E-state index contributed by atoms with van der Waals surface area (Å²) in [4.78, 5) is 0. The SMILES string of the molecule is CC.CC.CC(CCC(O)C1CCC1)[C@H]1CCC2[C@@H]3CC=C4C[C@@](C)(O)CCC4(C)C3CC[C@@]21C. The lowest BCUT2D eigenvalue weighted by atomic mass is 9.46. The summed E-state index contributed by atoms with van der Waals surface area (Å²) in [6, 6.07) is 0. The summed E-state index contributed by atoms with van der Waals surface area (Å²) in [5.74, 6) is 4.76. The number of rotatable bonds is 5. The molecule has 35 heavy (non-hydrogen) atoms. The van der Waals surface area contributed by atoms with Crippen molar-refractivity contribution in [3.05, 3.63) is 11.6 Å². The van der Waals surface area contributed by atoms with E-state index in [9.17, 15) is 10.2 Å². The van der Waals surface area contributed by atoms with Gasteiger partial charge in [0, 0.05) is 0 Å². The minimum Gasteiger partial charge on any atom is -0.393 e. The Hall–Kier alpha value is -0.340. The van der Waals surface area contributed by atoms with Gasteiger partial charge in [0.05, 0.1) is 11.7 Å². The maximum absolute atomic E-state index is 10.7. The van der Waals surface area contributed by atoms with E-state index in [-0.39, 0.29) is 6.10 Å². The van der Waals surface area contributed by atoms with Crippen molar-refractivity contribution in [2.24, 2.45) is 46.3 Å². The van der Waals surface area contributed by atoms with Crippen LogP contribution in [0.1, 0.15) is 139 Å². The van der Waals surface area contributed by atoms with Gasteiger partial charge in [-0.1, -0.05) is 66.5 Å². The van der Waals surface area contributed by atoms with E-state index in [0.29, 0.717) is 16.7 Å². The molecule has 0 aromatic heterocycles. The van der Waals surface area contributed by atoms with Crippen LogP contribution in [0.15, 0.2) is 11.6 Å². The second-order valence-corrected chi connectivity index (χ2v) is 13.5. The van der Waals surface area contributed by atoms with Gasteiger partial charge in [-0.25, -0.2) is 0 Å². The molecular weight excluding hydrogens is 428 g/mol. The van der Waals surface area contributed by atoms with Gasteiger partial charge in [-0.05, 0) is 130 Å². The molecule has 5 rings (SSSR count). The molecule has 0 aliphatic heterocycles. The summed E-state index contributed by atoms with van der Waals surface area (Å²) in [5.41, 5.74) is 1.94. The lowest BCUT2D eigenvalue weighted by Crippen LogP contribution is -2.52. The zero-order chi connectivity index (χ0) is 26.0. The highest BCUT2D eigenvalue weighted by Crippen LogP contribution is 2.67. The Labute approximate surface area is 218 Å². The first-order valence-electron chi connectivity index (χ1n) is 15.7. The van der Waals surface area contributed by atoms with Crippen LogP contribution in [-0.2, 0) is 0 Å². The molecule has 5 aliphatic carbocycles. The van der Waals surface area contributed by atoms with Gasteiger partial charge in [0.25, 0.3) is 0 Å². The van der Waals surface area contributed by atoms with Gasteiger partial charge >= 0.3 is 0 Å². The monoisotopic (exact) mass is 488 g/mol. The van der Waals surface area contributed by atoms with Crippen molar-refractivity contribution in [1.29, 1.82) is 0 Å². The quantitative estimate of drug-likeness (QED) is 0.379. The van der Waals surface area contributed by atoms with Gasteiger partial charge in [0.2, 0.25) is 0 Å². The standard InChI is InChI=1S/C29H48O2.2C2H6/c1-19(8-13-26(30)20-6-5-7-20)23-11-12-24-22-10-9-21-18-27(2,31)16-17-28(21,3)25(22)14-15-29(23,24)4;2*1-2/h9,19-20,22-26,30-31H,5-8,10-18H2,1-4H3;2*1-2H3/t19?,22-,23+,24?,25?,26?,27-,28?,29+;;/m0../s1. The van der Waals surface area contributed by atoms with Gasteiger partial charge in [0.1, 0.15) is 0 Å². The smallest absolute Gasteiger partial charge is 0.0657 e. The fraction of sp³-hybridized carbons (Fsp3) is 0.939. The highest BCUT2D eigenvalue weighted by Gasteiger charge is 2.59. The maximum Gasteiger partial charge on any atom is 0.0657 e. The summed E-state index contributed by atoms with van der Waals surface area (Å²) >= 11 is 0. The van der Waals surface area contributed by atoms with E-state index in [0.717, 1.165) is 48.9 Å². The molecule has 2 nitrogen and oxygen atoms in total. The zero-order valence-corrected chi connectivity index (χ0v) is 24.7. The fourth-order valence-corrected chi connectivity index (χ4v) is 9.47. The van der Waals surface area contributed by atoms with Crippen molar-refractivity contribution >= 4 is 0 Å². The second-order valence-electron chi connectivity index (χ2n) is 13.5. The van der Waals surface area contributed by atoms with Gasteiger partial charge in [-0.3, -0.25) is 0 Å². The van der Waals surface area contributed by atoms with Crippen LogP contribution >= 0.6 is 0 Å². The molecule has 5 aliphatic rings. The van der Waals surface area contributed by atoms with Crippen molar-refractivity contribution < 1.29 is 10.2 Å². The third-order valence-corrected chi connectivity index (χ3v) is 11.8. The number of aliphatic hydroxyl groups excluding tert-OH is 1. The number of hydrogen-bond donors (Lipinski definition) is 2. The van der Waals surface area contributed by atoms with E-state index in [4.69, 9.17) is 0 Å². The molecule has 0 bridgehead atoms. The number of hydrogen-bond acceptors (Lipinski definition) is 2. The minimum absolute atomic E-state index is 0.0395. The highest BCUT2D eigenvalue weighted by molar-refractivity contribution is 5.26. The lowest BCUT2D eigenvalue weighted by Gasteiger charge is -2.59. The normalized spacial score (nSPS) is 44.0. The molecule has 2 heteroatoms. The number of aliphatic hydroxyl groups is 2. The molecule has 4 saturated carbocycles. The van der Waals surface area contributed by atoms with E-state index in [2.05, 4.69) is 26.8 Å². The van der Waals surface area contributed by atoms with Crippen molar-refractivity contribution in [2.45, 2.75) is 151 Å². The topological polar surface area (TPSA) is 40.5 Å². The molecule has 0 aromatic carbocycles. The molecule has 0 radical (unpaired) electrons. The third kappa shape index (κ3) is 5.45. The van der Waals surface area contributed by atoms with E-state index < -0.39 is 5.60 Å². The largest absolute Gasteiger partial charge is 0.393 e. The van der Waals surface area contributed by atoms with Crippen LogP contribution < -0.4 is 0 Å². The van der Waals surface area contributed by atoms with Crippen LogP contribution in [-0.4, -0.2) is 21.9 Å². The first kappa shape index (κ1) is 29.2. The summed E-state index contributed by atoms with van der Waals surface area (Å²) in [6.45, 7) is 17.7. The van der Waals surface area contributed by atoms with Crippen molar-refractivity contribution in [1.82, 2.24) is 0 Å². The van der Waals surface area contributed by atoms with E-state index in [1.807, 2.05) is 34.6 Å². The third-order valence-electron chi connectivity index (χ3n) is 11.8. The Balaban J connectivity index is 0.000000815. The Morgan fingerprint density at radius 3 is 2.20 bits per heavy atom. The van der Waals surface area contributed by atoms with Crippen LogP contribution in [0.25, 0.3) is 0 Å². The molecule has 0 heterocycles. The molecule has 0 spiro atoms. The lowest BCUT2D eigenvalue weighted by molar-refractivity contribution is -0.0712.